The number of hydrogen-bond acceptors (Lipinski definition) is 4. The number of imidazole rings is 1. The molecular weight excluding hydrogens is 444 g/mol. The molecule has 0 saturated carbocycles. The minimum Gasteiger partial charge on any atom is -0.337 e. The number of nitro benzene ring substituents is 1. The highest BCUT2D eigenvalue weighted by atomic mass is 79.9. The van der Waals surface area contributed by atoms with E-state index in [0.717, 1.165) is 21.3 Å². The van der Waals surface area contributed by atoms with Gasteiger partial charge in [0.25, 0.3) is 5.69 Å². The summed E-state index contributed by atoms with van der Waals surface area (Å²) >= 11 is 9.73. The summed E-state index contributed by atoms with van der Waals surface area (Å²) in [6.45, 7) is 0. The van der Waals surface area contributed by atoms with Gasteiger partial charge in [-0.15, -0.1) is 0 Å². The van der Waals surface area contributed by atoms with E-state index < -0.39 is 4.92 Å². The fourth-order valence-corrected chi connectivity index (χ4v) is 3.46. The van der Waals surface area contributed by atoms with Crippen LogP contribution in [0.4, 0.5) is 5.69 Å². The molecule has 138 valence electrons. The molecule has 6 nitrogen and oxygen atoms in total. The van der Waals surface area contributed by atoms with E-state index in [1.54, 1.807) is 24.5 Å². The number of nitrogens with one attached hydrogen (secondary N) is 1. The van der Waals surface area contributed by atoms with Crippen molar-refractivity contribution in [1.29, 1.82) is 0 Å². The Bertz CT molecular complexity index is 1160. The maximum atomic E-state index is 11.5. The summed E-state index contributed by atoms with van der Waals surface area (Å²) in [5.41, 5.74) is 3.28. The SMILES string of the molecule is O=[N+]([O-])c1cccc(Cl)c1-c1nc(-c2ccc(Br)cc2)c(-c2ccncc2)[nH]1. The smallest absolute Gasteiger partial charge is 0.281 e. The maximum absolute atomic E-state index is 11.5. The van der Waals surface area contributed by atoms with Crippen molar-refractivity contribution in [2.24, 2.45) is 0 Å². The Hall–Kier alpha value is -3.03. The van der Waals surface area contributed by atoms with Crippen LogP contribution in [0.25, 0.3) is 33.9 Å². The summed E-state index contributed by atoms with van der Waals surface area (Å²) in [4.78, 5) is 23.0. The van der Waals surface area contributed by atoms with Crippen LogP contribution in [0.5, 0.6) is 0 Å². The van der Waals surface area contributed by atoms with Crippen LogP contribution in [-0.4, -0.2) is 19.9 Å². The van der Waals surface area contributed by atoms with Crippen LogP contribution in [0.1, 0.15) is 0 Å². The summed E-state index contributed by atoms with van der Waals surface area (Å²) in [7, 11) is 0. The number of aromatic amines is 1. The molecule has 0 saturated heterocycles. The number of rotatable bonds is 4. The number of halogens is 2. The number of nitro groups is 1. The van der Waals surface area contributed by atoms with Gasteiger partial charge in [0, 0.05) is 34.1 Å². The van der Waals surface area contributed by atoms with Gasteiger partial charge in [0.1, 0.15) is 11.4 Å². The first kappa shape index (κ1) is 18.3. The third kappa shape index (κ3) is 3.42. The van der Waals surface area contributed by atoms with Crippen LogP contribution in [0.3, 0.4) is 0 Å². The summed E-state index contributed by atoms with van der Waals surface area (Å²) in [6.07, 6.45) is 3.36. The van der Waals surface area contributed by atoms with E-state index in [0.29, 0.717) is 11.5 Å². The number of hydrogen-bond donors (Lipinski definition) is 1. The van der Waals surface area contributed by atoms with Crippen LogP contribution >= 0.6 is 27.5 Å². The van der Waals surface area contributed by atoms with E-state index in [9.17, 15) is 10.1 Å². The van der Waals surface area contributed by atoms with Gasteiger partial charge in [0.2, 0.25) is 0 Å². The fraction of sp³-hybridized carbons (Fsp3) is 0. The van der Waals surface area contributed by atoms with Crippen LogP contribution in [-0.2, 0) is 0 Å². The van der Waals surface area contributed by atoms with Gasteiger partial charge >= 0.3 is 0 Å². The highest BCUT2D eigenvalue weighted by molar-refractivity contribution is 9.10. The molecule has 0 aliphatic carbocycles. The van der Waals surface area contributed by atoms with Crippen molar-refractivity contribution in [2.45, 2.75) is 0 Å². The highest BCUT2D eigenvalue weighted by Crippen LogP contribution is 2.39. The van der Waals surface area contributed by atoms with Crippen LogP contribution in [0.2, 0.25) is 5.02 Å². The lowest BCUT2D eigenvalue weighted by atomic mass is 10.1. The lowest BCUT2D eigenvalue weighted by Crippen LogP contribution is -1.94. The molecule has 2 aromatic heterocycles. The van der Waals surface area contributed by atoms with E-state index in [2.05, 4.69) is 30.9 Å². The Kier molecular flexibility index (Phi) is 4.93. The van der Waals surface area contributed by atoms with Gasteiger partial charge in [-0.05, 0) is 30.3 Å². The van der Waals surface area contributed by atoms with Crippen LogP contribution in [0, 0.1) is 10.1 Å². The second-order valence-electron chi connectivity index (χ2n) is 5.94. The average Bonchev–Trinajstić information content (AvgIpc) is 3.14. The van der Waals surface area contributed by atoms with Gasteiger partial charge in [-0.2, -0.15) is 0 Å². The van der Waals surface area contributed by atoms with Gasteiger partial charge in [-0.1, -0.05) is 45.7 Å². The largest absolute Gasteiger partial charge is 0.337 e. The number of pyridine rings is 1. The van der Waals surface area contributed by atoms with E-state index in [1.165, 1.54) is 6.07 Å². The Balaban J connectivity index is 1.97. The first-order valence-electron chi connectivity index (χ1n) is 8.24. The fourth-order valence-electron chi connectivity index (χ4n) is 2.94. The molecule has 0 radical (unpaired) electrons. The second kappa shape index (κ2) is 7.53. The normalized spacial score (nSPS) is 10.8. The Morgan fingerprint density at radius 1 is 1.00 bits per heavy atom. The molecule has 0 spiro atoms. The number of nitrogens with zero attached hydrogens (tertiary/aromatic N) is 3. The molecule has 0 atom stereocenters. The highest BCUT2D eigenvalue weighted by Gasteiger charge is 2.24. The molecule has 2 aromatic carbocycles. The molecule has 4 aromatic rings. The Labute approximate surface area is 173 Å². The van der Waals surface area contributed by atoms with Crippen molar-refractivity contribution >= 4 is 33.2 Å². The Morgan fingerprint density at radius 3 is 2.39 bits per heavy atom. The zero-order valence-corrected chi connectivity index (χ0v) is 16.6. The molecule has 0 bridgehead atoms. The minimum atomic E-state index is -0.463. The number of H-pyrrole nitrogens is 1. The summed E-state index contributed by atoms with van der Waals surface area (Å²) in [5.74, 6) is 0.335. The molecule has 0 fully saturated rings. The molecule has 0 aliphatic heterocycles. The van der Waals surface area contributed by atoms with Gasteiger partial charge in [-0.3, -0.25) is 15.1 Å². The van der Waals surface area contributed by atoms with Gasteiger partial charge < -0.3 is 4.98 Å². The first-order chi connectivity index (χ1) is 13.5. The third-order valence-electron chi connectivity index (χ3n) is 4.22. The van der Waals surface area contributed by atoms with Crippen molar-refractivity contribution in [3.8, 4) is 33.9 Å². The van der Waals surface area contributed by atoms with Crippen LogP contribution in [0.15, 0.2) is 71.5 Å². The number of benzene rings is 2. The van der Waals surface area contributed by atoms with Gasteiger partial charge in [-0.25, -0.2) is 4.98 Å². The van der Waals surface area contributed by atoms with Crippen molar-refractivity contribution in [1.82, 2.24) is 15.0 Å². The van der Waals surface area contributed by atoms with E-state index in [-0.39, 0.29) is 16.3 Å². The molecular formula is C20H12BrClN4O2. The zero-order valence-electron chi connectivity index (χ0n) is 14.3. The molecule has 2 heterocycles. The standard InChI is InChI=1S/C20H12BrClN4O2/c21-14-6-4-12(5-7-14)18-19(13-8-10-23-11-9-13)25-20(24-18)17-15(22)2-1-3-16(17)26(27)28/h1-11H,(H,24,25). The lowest BCUT2D eigenvalue weighted by Gasteiger charge is -2.03. The maximum Gasteiger partial charge on any atom is 0.281 e. The van der Waals surface area contributed by atoms with E-state index in [1.807, 2.05) is 36.4 Å². The van der Waals surface area contributed by atoms with Crippen molar-refractivity contribution in [3.05, 3.63) is 86.6 Å². The zero-order chi connectivity index (χ0) is 19.7. The van der Waals surface area contributed by atoms with Crippen molar-refractivity contribution in [2.75, 3.05) is 0 Å². The quantitative estimate of drug-likeness (QED) is 0.296. The third-order valence-corrected chi connectivity index (χ3v) is 5.06. The average molecular weight is 456 g/mol. The predicted octanol–water partition coefficient (Wildman–Crippen LogP) is 6.13. The molecule has 0 unspecified atom stereocenters. The monoisotopic (exact) mass is 454 g/mol. The van der Waals surface area contributed by atoms with Crippen molar-refractivity contribution in [3.63, 3.8) is 0 Å². The Morgan fingerprint density at radius 2 is 1.71 bits per heavy atom. The molecule has 8 heteroatoms. The molecule has 28 heavy (non-hydrogen) atoms. The lowest BCUT2D eigenvalue weighted by molar-refractivity contribution is -0.384. The van der Waals surface area contributed by atoms with E-state index >= 15 is 0 Å². The summed E-state index contributed by atoms with van der Waals surface area (Å²) in [6, 6.07) is 15.9. The van der Waals surface area contributed by atoms with Crippen LogP contribution < -0.4 is 0 Å². The molecule has 0 amide bonds. The molecule has 4 rings (SSSR count). The first-order valence-corrected chi connectivity index (χ1v) is 9.41. The van der Waals surface area contributed by atoms with Gasteiger partial charge in [0.15, 0.2) is 0 Å². The summed E-state index contributed by atoms with van der Waals surface area (Å²) in [5, 5.41) is 11.8. The van der Waals surface area contributed by atoms with E-state index in [4.69, 9.17) is 11.6 Å². The second-order valence-corrected chi connectivity index (χ2v) is 7.27. The summed E-state index contributed by atoms with van der Waals surface area (Å²) < 4.78 is 0.944. The van der Waals surface area contributed by atoms with Crippen molar-refractivity contribution < 1.29 is 4.92 Å². The molecule has 0 aliphatic rings. The topological polar surface area (TPSA) is 84.7 Å². The number of aromatic nitrogens is 3. The predicted molar refractivity (Wildman–Crippen MR) is 112 cm³/mol. The van der Waals surface area contributed by atoms with Gasteiger partial charge in [0.05, 0.1) is 21.3 Å². The molecule has 1 N–H and O–H groups in total. The minimum absolute atomic E-state index is 0.107.